The molecule has 0 N–H and O–H groups in total. The lowest BCUT2D eigenvalue weighted by molar-refractivity contribution is -0.384. The molecular weight excluding hydrogens is 174 g/mol. The van der Waals surface area contributed by atoms with Crippen LogP contribution in [0.3, 0.4) is 0 Å². The summed E-state index contributed by atoms with van der Waals surface area (Å²) in [5.41, 5.74) is 0.168. The normalized spacial score (nSPS) is 9.31. The lowest BCUT2D eigenvalue weighted by atomic mass is 10.2. The number of carbonyl (C=O) groups is 1. The standard InChI is InChI=1S/C8H6NO4/c1-13-8(10)6-2-4-7(5-3-6)9(11)12/h2-5H,1H2. The molecule has 1 aromatic carbocycles. The molecule has 0 bridgehead atoms. The van der Waals surface area contributed by atoms with Crippen molar-refractivity contribution in [2.45, 2.75) is 0 Å². The van der Waals surface area contributed by atoms with Gasteiger partial charge in [0.1, 0.15) is 7.11 Å². The molecule has 1 radical (unpaired) electrons. The van der Waals surface area contributed by atoms with Crippen molar-refractivity contribution in [3.05, 3.63) is 47.1 Å². The van der Waals surface area contributed by atoms with Gasteiger partial charge in [0.05, 0.1) is 10.5 Å². The summed E-state index contributed by atoms with van der Waals surface area (Å²) in [5, 5.41) is 10.2. The minimum atomic E-state index is -0.616. The van der Waals surface area contributed by atoms with Crippen molar-refractivity contribution in [3.8, 4) is 0 Å². The molecule has 0 aromatic heterocycles. The Bertz CT molecular complexity index is 331. The van der Waals surface area contributed by atoms with Gasteiger partial charge in [0.2, 0.25) is 0 Å². The summed E-state index contributed by atoms with van der Waals surface area (Å²) in [6.07, 6.45) is 0. The van der Waals surface area contributed by atoms with E-state index in [1.165, 1.54) is 24.3 Å². The summed E-state index contributed by atoms with van der Waals surface area (Å²) in [4.78, 5) is 20.5. The average molecular weight is 180 g/mol. The second-order valence-electron chi connectivity index (χ2n) is 2.24. The Morgan fingerprint density at radius 1 is 1.38 bits per heavy atom. The van der Waals surface area contributed by atoms with E-state index in [1.54, 1.807) is 0 Å². The first-order valence-electron chi connectivity index (χ1n) is 3.36. The van der Waals surface area contributed by atoms with Crippen LogP contribution in [0.2, 0.25) is 0 Å². The van der Waals surface area contributed by atoms with Gasteiger partial charge in [-0.1, -0.05) is 0 Å². The van der Waals surface area contributed by atoms with Crippen molar-refractivity contribution in [1.82, 2.24) is 0 Å². The van der Waals surface area contributed by atoms with Crippen LogP contribution in [-0.2, 0) is 4.74 Å². The van der Waals surface area contributed by atoms with Gasteiger partial charge in [0.25, 0.3) is 5.69 Å². The zero-order chi connectivity index (χ0) is 9.84. The summed E-state index contributed by atoms with van der Waals surface area (Å²) in [6.45, 7) is 0. The third-order valence-electron chi connectivity index (χ3n) is 1.44. The highest BCUT2D eigenvalue weighted by Gasteiger charge is 2.08. The first kappa shape index (κ1) is 9.18. The molecule has 0 aliphatic carbocycles. The lowest BCUT2D eigenvalue weighted by Gasteiger charge is -1.96. The van der Waals surface area contributed by atoms with Crippen molar-refractivity contribution in [2.24, 2.45) is 0 Å². The van der Waals surface area contributed by atoms with Crippen molar-refractivity contribution in [3.63, 3.8) is 0 Å². The van der Waals surface area contributed by atoms with E-state index in [4.69, 9.17) is 0 Å². The van der Waals surface area contributed by atoms with Gasteiger partial charge in [0.15, 0.2) is 0 Å². The minimum Gasteiger partial charge on any atom is -0.458 e. The van der Waals surface area contributed by atoms with Crippen LogP contribution in [0.4, 0.5) is 5.69 Å². The first-order chi connectivity index (χ1) is 6.15. The zero-order valence-corrected chi connectivity index (χ0v) is 6.60. The number of carbonyl (C=O) groups excluding carboxylic acids is 1. The van der Waals surface area contributed by atoms with E-state index in [2.05, 4.69) is 11.8 Å². The van der Waals surface area contributed by atoms with Gasteiger partial charge in [-0.15, -0.1) is 0 Å². The average Bonchev–Trinajstić information content (AvgIpc) is 2.17. The zero-order valence-electron chi connectivity index (χ0n) is 6.60. The molecule has 1 aromatic rings. The highest BCUT2D eigenvalue weighted by Crippen LogP contribution is 2.12. The molecule has 0 atom stereocenters. The van der Waals surface area contributed by atoms with Gasteiger partial charge in [-0.05, 0) is 12.1 Å². The smallest absolute Gasteiger partial charge is 0.338 e. The molecule has 67 valence electrons. The summed E-state index contributed by atoms with van der Waals surface area (Å²) < 4.78 is 4.18. The van der Waals surface area contributed by atoms with E-state index in [-0.39, 0.29) is 11.3 Å². The quantitative estimate of drug-likeness (QED) is 0.393. The van der Waals surface area contributed by atoms with E-state index in [1.807, 2.05) is 0 Å². The maximum Gasteiger partial charge on any atom is 0.338 e. The van der Waals surface area contributed by atoms with Crippen LogP contribution in [0.1, 0.15) is 10.4 Å². The second kappa shape index (κ2) is 3.66. The minimum absolute atomic E-state index is 0.0689. The molecule has 0 spiro atoms. The third-order valence-corrected chi connectivity index (χ3v) is 1.44. The number of benzene rings is 1. The fourth-order valence-corrected chi connectivity index (χ4v) is 0.803. The molecule has 5 nitrogen and oxygen atoms in total. The van der Waals surface area contributed by atoms with Crippen LogP contribution in [0, 0.1) is 17.2 Å². The van der Waals surface area contributed by atoms with Crippen LogP contribution in [0.15, 0.2) is 24.3 Å². The van der Waals surface area contributed by atoms with E-state index in [9.17, 15) is 14.9 Å². The highest BCUT2D eigenvalue weighted by atomic mass is 16.6. The molecule has 0 saturated heterocycles. The number of nitro groups is 1. The van der Waals surface area contributed by atoms with E-state index in [0.717, 1.165) is 0 Å². The van der Waals surface area contributed by atoms with Crippen molar-refractivity contribution in [2.75, 3.05) is 0 Å². The fraction of sp³-hybridized carbons (Fsp3) is 0. The maximum atomic E-state index is 10.8. The van der Waals surface area contributed by atoms with Gasteiger partial charge in [0, 0.05) is 12.1 Å². The molecule has 0 unspecified atom stereocenters. The number of esters is 1. The number of ether oxygens (including phenoxy) is 1. The number of nitrogens with zero attached hydrogens (tertiary/aromatic N) is 1. The van der Waals surface area contributed by atoms with Crippen LogP contribution in [-0.4, -0.2) is 10.9 Å². The fourth-order valence-electron chi connectivity index (χ4n) is 0.803. The Hall–Kier alpha value is -1.91. The molecule has 5 heteroatoms. The van der Waals surface area contributed by atoms with E-state index < -0.39 is 10.9 Å². The van der Waals surface area contributed by atoms with E-state index in [0.29, 0.717) is 0 Å². The number of nitro benzene ring substituents is 1. The summed E-state index contributed by atoms with van der Waals surface area (Å²) >= 11 is 0. The highest BCUT2D eigenvalue weighted by molar-refractivity contribution is 5.89. The lowest BCUT2D eigenvalue weighted by Crippen LogP contribution is -1.99. The Labute approximate surface area is 74.1 Å². The maximum absolute atomic E-state index is 10.8. The molecule has 13 heavy (non-hydrogen) atoms. The molecule has 0 amide bonds. The molecule has 0 aliphatic rings. The van der Waals surface area contributed by atoms with Crippen LogP contribution in [0.5, 0.6) is 0 Å². The third kappa shape index (κ3) is 2.02. The predicted molar refractivity (Wildman–Crippen MR) is 43.9 cm³/mol. The Balaban J connectivity index is 2.93. The molecule has 0 fully saturated rings. The largest absolute Gasteiger partial charge is 0.458 e. The van der Waals surface area contributed by atoms with Crippen LogP contribution < -0.4 is 0 Å². The van der Waals surface area contributed by atoms with Crippen molar-refractivity contribution in [1.29, 1.82) is 0 Å². The van der Waals surface area contributed by atoms with Gasteiger partial charge < -0.3 is 4.74 Å². The number of hydrogen-bond acceptors (Lipinski definition) is 4. The van der Waals surface area contributed by atoms with Gasteiger partial charge >= 0.3 is 5.97 Å². The van der Waals surface area contributed by atoms with Crippen molar-refractivity contribution < 1.29 is 14.5 Å². The SMILES string of the molecule is [CH2]OC(=O)c1ccc([N+](=O)[O-])cc1. The summed E-state index contributed by atoms with van der Waals surface area (Å²) in [7, 11) is 2.94. The topological polar surface area (TPSA) is 69.4 Å². The summed E-state index contributed by atoms with van der Waals surface area (Å²) in [5.74, 6) is -0.616. The molecule has 0 saturated carbocycles. The number of hydrogen-bond donors (Lipinski definition) is 0. The van der Waals surface area contributed by atoms with Gasteiger partial charge in [-0.2, -0.15) is 0 Å². The Morgan fingerprint density at radius 2 is 1.92 bits per heavy atom. The summed E-state index contributed by atoms with van der Waals surface area (Å²) in [6, 6.07) is 5.08. The molecule has 1 rings (SSSR count). The van der Waals surface area contributed by atoms with Crippen molar-refractivity contribution >= 4 is 11.7 Å². The van der Waals surface area contributed by atoms with E-state index >= 15 is 0 Å². The number of rotatable bonds is 2. The Morgan fingerprint density at radius 3 is 2.31 bits per heavy atom. The molecule has 0 aliphatic heterocycles. The number of non-ortho nitro benzene ring substituents is 1. The monoisotopic (exact) mass is 180 g/mol. The Kier molecular flexibility index (Phi) is 2.59. The van der Waals surface area contributed by atoms with Crippen LogP contribution in [0.25, 0.3) is 0 Å². The first-order valence-corrected chi connectivity index (χ1v) is 3.36. The van der Waals surface area contributed by atoms with Gasteiger partial charge in [-0.25, -0.2) is 4.79 Å². The predicted octanol–water partition coefficient (Wildman–Crippen LogP) is 1.54. The van der Waals surface area contributed by atoms with Crippen LogP contribution >= 0.6 is 0 Å². The molecular formula is C8H6NO4. The van der Waals surface area contributed by atoms with Gasteiger partial charge in [-0.3, -0.25) is 10.1 Å². The second-order valence-corrected chi connectivity index (χ2v) is 2.24. The molecule has 0 heterocycles.